The van der Waals surface area contributed by atoms with Gasteiger partial charge in [-0.1, -0.05) is 0 Å². The summed E-state index contributed by atoms with van der Waals surface area (Å²) in [5.74, 6) is -0.615. The summed E-state index contributed by atoms with van der Waals surface area (Å²) in [5, 5.41) is 12.0. The van der Waals surface area contributed by atoms with Gasteiger partial charge in [-0.05, 0) is 95.1 Å². The van der Waals surface area contributed by atoms with Crippen LogP contribution < -0.4 is 9.64 Å². The molecule has 0 spiro atoms. The molecule has 4 aromatic rings. The van der Waals surface area contributed by atoms with Gasteiger partial charge in [0.15, 0.2) is 22.7 Å². The van der Waals surface area contributed by atoms with Crippen molar-refractivity contribution in [3.8, 4) is 27.6 Å². The predicted molar refractivity (Wildman–Crippen MR) is 187 cm³/mol. The molecule has 1 N–H and O–H groups in total. The van der Waals surface area contributed by atoms with Crippen LogP contribution in [0.25, 0.3) is 32.9 Å². The predicted octanol–water partition coefficient (Wildman–Crippen LogP) is 6.08. The number of carboxylic acids is 1. The van der Waals surface area contributed by atoms with Gasteiger partial charge in [0, 0.05) is 80.3 Å². The number of ether oxygens (including phenoxy) is 3. The fraction of sp³-hybridized carbons (Fsp3) is 0.556. The van der Waals surface area contributed by atoms with Gasteiger partial charge in [-0.15, -0.1) is 0 Å². The summed E-state index contributed by atoms with van der Waals surface area (Å²) < 4.78 is 40.0. The number of hydrogen-bond donors (Lipinski definition) is 1. The van der Waals surface area contributed by atoms with Gasteiger partial charge in [0.2, 0.25) is 5.95 Å². The normalized spacial score (nSPS) is 18.5. The lowest BCUT2D eigenvalue weighted by atomic mass is 9.86. The highest BCUT2D eigenvalue weighted by molar-refractivity contribution is 7.09. The number of anilines is 1. The molecule has 0 amide bonds. The van der Waals surface area contributed by atoms with Crippen molar-refractivity contribution in [2.45, 2.75) is 78.0 Å². The highest BCUT2D eigenvalue weighted by atomic mass is 32.1. The Labute approximate surface area is 290 Å². The van der Waals surface area contributed by atoms with E-state index in [0.717, 1.165) is 80.5 Å². The summed E-state index contributed by atoms with van der Waals surface area (Å²) in [5.41, 5.74) is 4.44. The van der Waals surface area contributed by atoms with Crippen LogP contribution in [-0.4, -0.2) is 92.5 Å². The van der Waals surface area contributed by atoms with Crippen molar-refractivity contribution in [1.82, 2.24) is 23.8 Å². The van der Waals surface area contributed by atoms with E-state index in [-0.39, 0.29) is 5.75 Å². The maximum absolute atomic E-state index is 15.8. The number of nitrogens with zero attached hydrogens (tertiary/aromatic N) is 6. The molecular formula is C36H45FN6O5S. The fourth-order valence-electron chi connectivity index (χ4n) is 7.56. The molecule has 0 bridgehead atoms. The Hall–Kier alpha value is -3.65. The summed E-state index contributed by atoms with van der Waals surface area (Å²) >= 11 is 1.33. The van der Waals surface area contributed by atoms with Crippen LogP contribution in [0.3, 0.4) is 0 Å². The highest BCUT2D eigenvalue weighted by Gasteiger charge is 2.35. The molecule has 2 fully saturated rings. The molecule has 11 nitrogen and oxygen atoms in total. The van der Waals surface area contributed by atoms with E-state index in [2.05, 4.69) is 9.80 Å². The summed E-state index contributed by atoms with van der Waals surface area (Å²) in [7, 11) is 1.93. The molecule has 0 radical (unpaired) electrons. The number of pyridine rings is 1. The number of halogens is 1. The molecule has 0 unspecified atom stereocenters. The third-order valence-electron chi connectivity index (χ3n) is 10.0. The van der Waals surface area contributed by atoms with Gasteiger partial charge in [-0.25, -0.2) is 14.2 Å². The first-order chi connectivity index (χ1) is 23.4. The Morgan fingerprint density at radius 2 is 1.84 bits per heavy atom. The van der Waals surface area contributed by atoms with E-state index in [9.17, 15) is 9.90 Å². The van der Waals surface area contributed by atoms with Crippen molar-refractivity contribution < 1.29 is 28.5 Å². The van der Waals surface area contributed by atoms with Gasteiger partial charge in [-0.3, -0.25) is 4.90 Å². The molecule has 3 aliphatic rings. The topological polar surface area (TPSA) is 115 Å². The lowest BCUT2D eigenvalue weighted by Crippen LogP contribution is -2.51. The lowest BCUT2D eigenvalue weighted by molar-refractivity contribution is -0.160. The Bertz CT molecular complexity index is 1890. The second-order valence-corrected chi connectivity index (χ2v) is 15.1. The Morgan fingerprint density at radius 3 is 2.53 bits per heavy atom. The maximum atomic E-state index is 15.8. The van der Waals surface area contributed by atoms with Gasteiger partial charge in [0.1, 0.15) is 5.65 Å². The standard InChI is InChI=1S/C36H45FN6O5S/c1-20-23-8-7-15-47-30(23)26(37)18-24(20)29-25-19-27(41(6)32(25)38-21(2)28(29)31(34(44)45)48-36(3,4)5)33-39-35(40-49-33)43-13-11-42(12-14-43)22-9-16-46-17-10-22/h18-19,22,31H,7-17H2,1-6H3,(H,44,45)/t31-/m0/s1. The quantitative estimate of drug-likeness (QED) is 0.244. The van der Waals surface area contributed by atoms with E-state index in [1.807, 2.05) is 45.4 Å². The minimum atomic E-state index is -1.33. The molecule has 49 heavy (non-hydrogen) atoms. The van der Waals surface area contributed by atoms with Crippen LogP contribution in [0.1, 0.15) is 68.5 Å². The molecule has 6 heterocycles. The van der Waals surface area contributed by atoms with E-state index in [0.29, 0.717) is 58.4 Å². The molecule has 2 saturated heterocycles. The number of aryl methyl sites for hydroxylation is 2. The van der Waals surface area contributed by atoms with Crippen molar-refractivity contribution >= 4 is 34.5 Å². The van der Waals surface area contributed by atoms with E-state index >= 15 is 4.39 Å². The van der Waals surface area contributed by atoms with Crippen LogP contribution in [0.4, 0.5) is 10.3 Å². The zero-order chi connectivity index (χ0) is 34.6. The van der Waals surface area contributed by atoms with Gasteiger partial charge in [0.25, 0.3) is 0 Å². The van der Waals surface area contributed by atoms with Crippen LogP contribution >= 0.6 is 11.5 Å². The first-order valence-electron chi connectivity index (χ1n) is 17.2. The van der Waals surface area contributed by atoms with Crippen molar-refractivity contribution in [3.05, 3.63) is 40.3 Å². The Morgan fingerprint density at radius 1 is 1.10 bits per heavy atom. The Balaban J connectivity index is 1.33. The van der Waals surface area contributed by atoms with Crippen LogP contribution in [-0.2, 0) is 27.7 Å². The van der Waals surface area contributed by atoms with Crippen LogP contribution in [0.2, 0.25) is 0 Å². The zero-order valence-corrected chi connectivity index (χ0v) is 30.0. The first kappa shape index (κ1) is 33.8. The molecular weight excluding hydrogens is 647 g/mol. The van der Waals surface area contributed by atoms with Crippen molar-refractivity contribution in [1.29, 1.82) is 0 Å². The molecule has 262 valence electrons. The molecule has 0 saturated carbocycles. The van der Waals surface area contributed by atoms with E-state index in [1.54, 1.807) is 6.92 Å². The SMILES string of the molecule is Cc1nc2c(cc(-c3nc(N4CCN(C5CCOCC5)CC4)ns3)n2C)c(-c2cc(F)c3c(c2C)CCCO3)c1[C@H](OC(C)(C)C)C(=O)O. The summed E-state index contributed by atoms with van der Waals surface area (Å²) in [6.45, 7) is 15.0. The van der Waals surface area contributed by atoms with Crippen LogP contribution in [0.15, 0.2) is 12.1 Å². The summed E-state index contributed by atoms with van der Waals surface area (Å²) in [6, 6.07) is 4.04. The number of fused-ring (bicyclic) bond motifs is 2. The molecule has 7 rings (SSSR count). The second-order valence-electron chi connectivity index (χ2n) is 14.3. The maximum Gasteiger partial charge on any atom is 0.337 e. The van der Waals surface area contributed by atoms with Gasteiger partial charge < -0.3 is 28.8 Å². The molecule has 1 aromatic carbocycles. The summed E-state index contributed by atoms with van der Waals surface area (Å²) in [6.07, 6.45) is 2.28. The number of piperazine rings is 1. The molecule has 0 aliphatic carbocycles. The van der Waals surface area contributed by atoms with Crippen LogP contribution in [0.5, 0.6) is 5.75 Å². The van der Waals surface area contributed by atoms with Crippen molar-refractivity contribution in [2.75, 3.05) is 50.9 Å². The molecule has 13 heteroatoms. The zero-order valence-electron chi connectivity index (χ0n) is 29.1. The van der Waals surface area contributed by atoms with E-state index < -0.39 is 23.5 Å². The molecule has 3 aliphatic heterocycles. The number of carbonyl (C=O) groups is 1. The lowest BCUT2D eigenvalue weighted by Gasteiger charge is -2.40. The number of aliphatic carboxylic acids is 1. The second kappa shape index (κ2) is 13.2. The number of hydrogen-bond acceptors (Lipinski definition) is 10. The first-order valence-corrected chi connectivity index (χ1v) is 17.9. The van der Waals surface area contributed by atoms with Crippen LogP contribution in [0, 0.1) is 19.7 Å². The van der Waals surface area contributed by atoms with Crippen molar-refractivity contribution in [2.24, 2.45) is 7.05 Å². The van der Waals surface area contributed by atoms with E-state index in [4.69, 9.17) is 28.6 Å². The number of benzene rings is 1. The number of aromatic nitrogens is 4. The fourth-order valence-corrected chi connectivity index (χ4v) is 8.30. The minimum Gasteiger partial charge on any atom is -0.490 e. The smallest absolute Gasteiger partial charge is 0.337 e. The largest absolute Gasteiger partial charge is 0.490 e. The molecule has 1 atom stereocenters. The summed E-state index contributed by atoms with van der Waals surface area (Å²) in [4.78, 5) is 27.7. The average molecular weight is 693 g/mol. The average Bonchev–Trinajstić information content (AvgIpc) is 3.70. The van der Waals surface area contributed by atoms with Gasteiger partial charge in [-0.2, -0.15) is 9.36 Å². The number of carboxylic acid groups (broad SMARTS) is 1. The molecule has 3 aromatic heterocycles. The van der Waals surface area contributed by atoms with Gasteiger partial charge in [0.05, 0.1) is 17.9 Å². The minimum absolute atomic E-state index is 0.278. The highest BCUT2D eigenvalue weighted by Crippen LogP contribution is 2.45. The van der Waals surface area contributed by atoms with E-state index in [1.165, 1.54) is 17.6 Å². The number of rotatable bonds is 7. The Kier molecular flexibility index (Phi) is 9.14. The van der Waals surface area contributed by atoms with Gasteiger partial charge >= 0.3 is 5.97 Å². The third-order valence-corrected chi connectivity index (χ3v) is 10.7. The van der Waals surface area contributed by atoms with Crippen molar-refractivity contribution in [3.63, 3.8) is 0 Å². The third kappa shape index (κ3) is 6.42. The monoisotopic (exact) mass is 692 g/mol.